The molecule has 0 amide bonds. The number of thiocarbonyl (C=S) groups is 1. The summed E-state index contributed by atoms with van der Waals surface area (Å²) in [5, 5.41) is 4.53. The molecule has 2 N–H and O–H groups in total. The van der Waals surface area contributed by atoms with Crippen molar-refractivity contribution >= 4 is 17.2 Å². The normalized spacial score (nSPS) is 13.0. The first kappa shape index (κ1) is 14.1. The molecule has 0 radical (unpaired) electrons. The first-order valence-corrected chi connectivity index (χ1v) is 6.45. The molecule has 0 bridgehead atoms. The van der Waals surface area contributed by atoms with E-state index in [1.807, 2.05) is 18.7 Å². The van der Waals surface area contributed by atoms with Crippen molar-refractivity contribution in [1.82, 2.24) is 14.7 Å². The molecule has 17 heavy (non-hydrogen) atoms. The molecule has 0 saturated heterocycles. The zero-order chi connectivity index (χ0) is 13.0. The summed E-state index contributed by atoms with van der Waals surface area (Å²) in [4.78, 5) is 2.68. The van der Waals surface area contributed by atoms with Gasteiger partial charge in [0.15, 0.2) is 0 Å². The quantitative estimate of drug-likeness (QED) is 0.783. The van der Waals surface area contributed by atoms with Crippen LogP contribution in [0.4, 0.5) is 0 Å². The lowest BCUT2D eigenvalue weighted by atomic mass is 10.2. The van der Waals surface area contributed by atoms with E-state index >= 15 is 0 Å². The smallest absolute Gasteiger partial charge is 0.0899 e. The predicted octanol–water partition coefficient (Wildman–Crippen LogP) is 1.57. The lowest BCUT2D eigenvalue weighted by Crippen LogP contribution is -2.39. The van der Waals surface area contributed by atoms with Crippen LogP contribution in [0.15, 0.2) is 6.07 Å². The second kappa shape index (κ2) is 6.12. The van der Waals surface area contributed by atoms with Gasteiger partial charge in [-0.05, 0) is 33.4 Å². The topological polar surface area (TPSA) is 47.1 Å². The third kappa shape index (κ3) is 3.51. The highest BCUT2D eigenvalue weighted by molar-refractivity contribution is 7.80. The minimum Gasteiger partial charge on any atom is -0.392 e. The Hall–Kier alpha value is -0.940. The molecule has 0 saturated carbocycles. The maximum Gasteiger partial charge on any atom is 0.0899 e. The Morgan fingerprint density at radius 2 is 2.24 bits per heavy atom. The van der Waals surface area contributed by atoms with Gasteiger partial charge in [-0.25, -0.2) is 0 Å². The first-order chi connectivity index (χ1) is 7.99. The van der Waals surface area contributed by atoms with Crippen LogP contribution in [0.3, 0.4) is 0 Å². The molecule has 96 valence electrons. The highest BCUT2D eigenvalue weighted by atomic mass is 32.1. The van der Waals surface area contributed by atoms with Crippen molar-refractivity contribution in [2.45, 2.75) is 46.3 Å². The number of nitrogens with two attached hydrogens (primary N) is 1. The van der Waals surface area contributed by atoms with Crippen LogP contribution in [-0.2, 0) is 19.5 Å². The van der Waals surface area contributed by atoms with Crippen molar-refractivity contribution < 1.29 is 0 Å². The van der Waals surface area contributed by atoms with E-state index in [1.54, 1.807) is 0 Å². The molecule has 0 fully saturated rings. The van der Waals surface area contributed by atoms with Crippen molar-refractivity contribution in [2.24, 2.45) is 5.73 Å². The summed E-state index contributed by atoms with van der Waals surface area (Å²) in [6, 6.07) is 2.27. The Morgan fingerprint density at radius 1 is 1.59 bits per heavy atom. The predicted molar refractivity (Wildman–Crippen MR) is 75.0 cm³/mol. The van der Waals surface area contributed by atoms with Crippen LogP contribution in [-0.4, -0.2) is 32.8 Å². The van der Waals surface area contributed by atoms with Crippen LogP contribution in [0.5, 0.6) is 0 Å². The molecule has 1 heterocycles. The summed E-state index contributed by atoms with van der Waals surface area (Å²) in [6.07, 6.45) is 0.967. The monoisotopic (exact) mass is 254 g/mol. The molecule has 0 aliphatic rings. The van der Waals surface area contributed by atoms with Gasteiger partial charge in [-0.2, -0.15) is 5.10 Å². The molecule has 0 aliphatic carbocycles. The summed E-state index contributed by atoms with van der Waals surface area (Å²) in [7, 11) is 2.03. The fraction of sp³-hybridized carbons (Fsp3) is 0.667. The van der Waals surface area contributed by atoms with E-state index in [4.69, 9.17) is 18.0 Å². The molecule has 1 atom stereocenters. The fourth-order valence-electron chi connectivity index (χ4n) is 1.70. The van der Waals surface area contributed by atoms with Gasteiger partial charge in [0.05, 0.1) is 22.4 Å². The molecule has 0 aromatic carbocycles. The molecule has 4 nitrogen and oxygen atoms in total. The van der Waals surface area contributed by atoms with Crippen LogP contribution in [0.1, 0.15) is 32.2 Å². The lowest BCUT2D eigenvalue weighted by molar-refractivity contribution is 0.294. The largest absolute Gasteiger partial charge is 0.392 e. The molecule has 1 aromatic rings. The fourth-order valence-corrected chi connectivity index (χ4v) is 1.88. The summed E-state index contributed by atoms with van der Waals surface area (Å²) in [5.41, 5.74) is 8.01. The number of hydrogen-bond acceptors (Lipinski definition) is 3. The molecule has 1 aromatic heterocycles. The molecular formula is C12H22N4S. The van der Waals surface area contributed by atoms with E-state index in [0.29, 0.717) is 4.99 Å². The number of rotatable bonds is 6. The van der Waals surface area contributed by atoms with Crippen molar-refractivity contribution in [1.29, 1.82) is 0 Å². The van der Waals surface area contributed by atoms with Crippen LogP contribution in [0, 0.1) is 0 Å². The Kier molecular flexibility index (Phi) is 5.08. The summed E-state index contributed by atoms with van der Waals surface area (Å²) < 4.78 is 2.04. The SMILES string of the molecule is CCc1cc(CN(C)C(C)C(N)=S)n(CC)n1. The average molecular weight is 254 g/mol. The van der Waals surface area contributed by atoms with E-state index in [-0.39, 0.29) is 6.04 Å². The molecule has 5 heteroatoms. The van der Waals surface area contributed by atoms with Crippen LogP contribution < -0.4 is 5.73 Å². The number of nitrogens with zero attached hydrogens (tertiary/aromatic N) is 3. The van der Waals surface area contributed by atoms with E-state index in [9.17, 15) is 0 Å². The van der Waals surface area contributed by atoms with Gasteiger partial charge >= 0.3 is 0 Å². The second-order valence-corrected chi connectivity index (χ2v) is 4.76. The van der Waals surface area contributed by atoms with Gasteiger partial charge in [0, 0.05) is 13.1 Å². The lowest BCUT2D eigenvalue weighted by Gasteiger charge is -2.23. The number of aryl methyl sites for hydroxylation is 2. The molecule has 0 spiro atoms. The van der Waals surface area contributed by atoms with E-state index in [1.165, 1.54) is 5.69 Å². The van der Waals surface area contributed by atoms with Gasteiger partial charge in [0.2, 0.25) is 0 Å². The van der Waals surface area contributed by atoms with Gasteiger partial charge < -0.3 is 5.73 Å². The van der Waals surface area contributed by atoms with Crippen molar-refractivity contribution in [3.63, 3.8) is 0 Å². The Balaban J connectivity index is 2.79. The Bertz CT molecular complexity index is 386. The van der Waals surface area contributed by atoms with E-state index in [0.717, 1.165) is 25.2 Å². The van der Waals surface area contributed by atoms with E-state index < -0.39 is 0 Å². The molecular weight excluding hydrogens is 232 g/mol. The Morgan fingerprint density at radius 3 is 2.71 bits per heavy atom. The number of hydrogen-bond donors (Lipinski definition) is 1. The Labute approximate surface area is 109 Å². The van der Waals surface area contributed by atoms with Crippen molar-refractivity contribution in [2.75, 3.05) is 7.05 Å². The summed E-state index contributed by atoms with van der Waals surface area (Å²) in [6.45, 7) is 7.96. The first-order valence-electron chi connectivity index (χ1n) is 6.04. The molecule has 1 unspecified atom stereocenters. The molecule has 1 rings (SSSR count). The van der Waals surface area contributed by atoms with Gasteiger partial charge in [0.1, 0.15) is 0 Å². The van der Waals surface area contributed by atoms with Crippen LogP contribution in [0.2, 0.25) is 0 Å². The second-order valence-electron chi connectivity index (χ2n) is 4.29. The standard InChI is InChI=1S/C12H22N4S/c1-5-10-7-11(16(6-2)14-10)8-15(4)9(3)12(13)17/h7,9H,5-6,8H2,1-4H3,(H2,13,17). The van der Waals surface area contributed by atoms with Crippen LogP contribution in [0.25, 0.3) is 0 Å². The highest BCUT2D eigenvalue weighted by Crippen LogP contribution is 2.10. The third-order valence-electron chi connectivity index (χ3n) is 3.06. The zero-order valence-corrected chi connectivity index (χ0v) is 11.9. The zero-order valence-electron chi connectivity index (χ0n) is 11.1. The minimum absolute atomic E-state index is 0.107. The van der Waals surface area contributed by atoms with Gasteiger partial charge in [-0.15, -0.1) is 0 Å². The van der Waals surface area contributed by atoms with Crippen molar-refractivity contribution in [3.05, 3.63) is 17.5 Å². The number of aromatic nitrogens is 2. The van der Waals surface area contributed by atoms with Gasteiger partial charge in [-0.1, -0.05) is 19.1 Å². The number of likely N-dealkylation sites (N-methyl/N-ethyl adjacent to an activating group) is 1. The minimum atomic E-state index is 0.107. The molecule has 0 aliphatic heterocycles. The maximum atomic E-state index is 5.66. The van der Waals surface area contributed by atoms with Gasteiger partial charge in [-0.3, -0.25) is 9.58 Å². The summed E-state index contributed by atoms with van der Waals surface area (Å²) in [5.74, 6) is 0. The van der Waals surface area contributed by atoms with Crippen molar-refractivity contribution in [3.8, 4) is 0 Å². The van der Waals surface area contributed by atoms with E-state index in [2.05, 4.69) is 29.9 Å². The third-order valence-corrected chi connectivity index (χ3v) is 3.40. The highest BCUT2D eigenvalue weighted by Gasteiger charge is 2.14. The maximum absolute atomic E-state index is 5.66. The van der Waals surface area contributed by atoms with Crippen LogP contribution >= 0.6 is 12.2 Å². The van der Waals surface area contributed by atoms with Gasteiger partial charge in [0.25, 0.3) is 0 Å². The average Bonchev–Trinajstić information content (AvgIpc) is 2.70. The summed E-state index contributed by atoms with van der Waals surface area (Å²) >= 11 is 5.01.